The van der Waals surface area contributed by atoms with E-state index in [0.29, 0.717) is 19.3 Å². The maximum Gasteiger partial charge on any atom is 0.306 e. The smallest absolute Gasteiger partial charge is 0.306 e. The van der Waals surface area contributed by atoms with E-state index in [1.54, 1.807) is 0 Å². The van der Waals surface area contributed by atoms with Crippen molar-refractivity contribution in [1.82, 2.24) is 0 Å². The minimum Gasteiger partial charge on any atom is -0.462 e. The van der Waals surface area contributed by atoms with Crippen LogP contribution >= 0.6 is 0 Å². The second-order valence-electron chi connectivity index (χ2n) is 18.1. The molecule has 0 aliphatic rings. The van der Waals surface area contributed by atoms with E-state index in [4.69, 9.17) is 14.2 Å². The number of esters is 3. The Morgan fingerprint density at radius 3 is 0.892 bits per heavy atom. The minimum absolute atomic E-state index is 0.0928. The molecular formula is C59H102O6. The maximum absolute atomic E-state index is 12.8. The van der Waals surface area contributed by atoms with Crippen molar-refractivity contribution in [2.45, 2.75) is 271 Å². The van der Waals surface area contributed by atoms with Crippen molar-refractivity contribution in [2.24, 2.45) is 0 Å². The van der Waals surface area contributed by atoms with E-state index < -0.39 is 6.10 Å². The molecule has 65 heavy (non-hydrogen) atoms. The average molecular weight is 907 g/mol. The summed E-state index contributed by atoms with van der Waals surface area (Å²) in [5.74, 6) is -0.928. The first-order valence-electron chi connectivity index (χ1n) is 27.4. The van der Waals surface area contributed by atoms with Crippen LogP contribution in [0.5, 0.6) is 0 Å². The normalized spacial score (nSPS) is 12.2. The zero-order valence-electron chi connectivity index (χ0n) is 42.7. The van der Waals surface area contributed by atoms with Crippen LogP contribution in [0.3, 0.4) is 0 Å². The quantitative estimate of drug-likeness (QED) is 0.0262. The molecule has 0 saturated carbocycles. The van der Waals surface area contributed by atoms with Gasteiger partial charge in [-0.2, -0.15) is 0 Å². The molecule has 0 aromatic rings. The number of unbranched alkanes of at least 4 members (excludes halogenated alkanes) is 26. The number of allylic oxidation sites excluding steroid dienone is 12. The summed E-state index contributed by atoms with van der Waals surface area (Å²) in [5.41, 5.74) is 0. The summed E-state index contributed by atoms with van der Waals surface area (Å²) in [6.45, 7) is 6.55. The highest BCUT2D eigenvalue weighted by Gasteiger charge is 2.19. The Labute approximate surface area is 402 Å². The predicted octanol–water partition coefficient (Wildman–Crippen LogP) is 18.2. The Kier molecular flexibility index (Phi) is 50.9. The molecule has 0 aliphatic carbocycles. The van der Waals surface area contributed by atoms with Crippen molar-refractivity contribution in [2.75, 3.05) is 13.2 Å². The fourth-order valence-electron chi connectivity index (χ4n) is 7.51. The lowest BCUT2D eigenvalue weighted by atomic mass is 10.0. The average Bonchev–Trinajstić information content (AvgIpc) is 3.30. The SMILES string of the molecule is CCCCC/C=C\C/C=C\C/C=C\CCCCCCC(=O)OCC(COC(=O)CCCCCC/C=C\C/C=C\C/C=C\CCCCC)OC(=O)CCCCCCCCCCCCCCC. The van der Waals surface area contributed by atoms with Crippen molar-refractivity contribution < 1.29 is 28.6 Å². The van der Waals surface area contributed by atoms with Crippen molar-refractivity contribution >= 4 is 17.9 Å². The van der Waals surface area contributed by atoms with E-state index >= 15 is 0 Å². The summed E-state index contributed by atoms with van der Waals surface area (Å²) >= 11 is 0. The molecule has 0 saturated heterocycles. The van der Waals surface area contributed by atoms with Crippen molar-refractivity contribution in [3.63, 3.8) is 0 Å². The second-order valence-corrected chi connectivity index (χ2v) is 18.1. The number of hydrogen-bond acceptors (Lipinski definition) is 6. The number of carbonyl (C=O) groups is 3. The molecule has 0 N–H and O–H groups in total. The largest absolute Gasteiger partial charge is 0.462 e. The maximum atomic E-state index is 12.8. The molecule has 0 amide bonds. The predicted molar refractivity (Wildman–Crippen MR) is 279 cm³/mol. The third kappa shape index (κ3) is 51.7. The Hall–Kier alpha value is -3.15. The van der Waals surface area contributed by atoms with Gasteiger partial charge in [-0.05, 0) is 96.3 Å². The molecule has 0 aromatic heterocycles. The van der Waals surface area contributed by atoms with E-state index in [9.17, 15) is 14.4 Å². The van der Waals surface area contributed by atoms with Crippen LogP contribution in [0, 0.1) is 0 Å². The first-order chi connectivity index (χ1) is 32.0. The van der Waals surface area contributed by atoms with Crippen LogP contribution in [0.25, 0.3) is 0 Å². The van der Waals surface area contributed by atoms with Gasteiger partial charge in [0.25, 0.3) is 0 Å². The highest BCUT2D eigenvalue weighted by atomic mass is 16.6. The second kappa shape index (κ2) is 53.5. The third-order valence-electron chi connectivity index (χ3n) is 11.7. The summed E-state index contributed by atoms with van der Waals surface area (Å²) in [4.78, 5) is 38.1. The Morgan fingerprint density at radius 1 is 0.308 bits per heavy atom. The standard InChI is InChI=1S/C59H102O6/c1-4-7-10-13-16-19-22-25-27-29-31-34-36-39-42-45-48-51-57(60)63-54-56(65-59(62)53-50-47-44-41-38-33-24-21-18-15-12-9-6-3)55-64-58(61)52-49-46-43-40-37-35-32-30-28-26-23-20-17-14-11-8-5-2/h16-17,19-20,25-28,31-32,34-35,56H,4-15,18,21-24,29-30,33,36-55H2,1-3H3/b19-16-,20-17-,27-25-,28-26-,34-31-,35-32-. The molecule has 374 valence electrons. The molecule has 0 rings (SSSR count). The lowest BCUT2D eigenvalue weighted by molar-refractivity contribution is -0.167. The zero-order chi connectivity index (χ0) is 47.2. The molecule has 0 heterocycles. The van der Waals surface area contributed by atoms with Gasteiger partial charge in [0.1, 0.15) is 13.2 Å². The molecule has 0 radical (unpaired) electrons. The van der Waals surface area contributed by atoms with E-state index in [1.165, 1.54) is 116 Å². The molecule has 6 heteroatoms. The van der Waals surface area contributed by atoms with Gasteiger partial charge < -0.3 is 14.2 Å². The van der Waals surface area contributed by atoms with E-state index in [0.717, 1.165) is 109 Å². The van der Waals surface area contributed by atoms with Crippen molar-refractivity contribution in [3.05, 3.63) is 72.9 Å². The fourth-order valence-corrected chi connectivity index (χ4v) is 7.51. The van der Waals surface area contributed by atoms with Gasteiger partial charge in [0.15, 0.2) is 6.10 Å². The van der Waals surface area contributed by atoms with Gasteiger partial charge >= 0.3 is 17.9 Å². The van der Waals surface area contributed by atoms with Crippen LogP contribution in [-0.2, 0) is 28.6 Å². The molecule has 0 aromatic carbocycles. The molecule has 0 bridgehead atoms. The molecule has 0 atom stereocenters. The molecule has 6 nitrogen and oxygen atoms in total. The van der Waals surface area contributed by atoms with Crippen LogP contribution in [-0.4, -0.2) is 37.2 Å². The van der Waals surface area contributed by atoms with E-state index in [2.05, 4.69) is 93.7 Å². The van der Waals surface area contributed by atoms with Crippen molar-refractivity contribution in [1.29, 1.82) is 0 Å². The monoisotopic (exact) mass is 907 g/mol. The van der Waals surface area contributed by atoms with Crippen LogP contribution in [0.1, 0.15) is 265 Å². The molecular weight excluding hydrogens is 805 g/mol. The summed E-state index contributed by atoms with van der Waals surface area (Å²) in [5, 5.41) is 0. The Balaban J connectivity index is 4.44. The van der Waals surface area contributed by atoms with Gasteiger partial charge in [0.05, 0.1) is 0 Å². The molecule has 0 spiro atoms. The summed E-state index contributed by atoms with van der Waals surface area (Å²) in [7, 11) is 0. The first kappa shape index (κ1) is 61.9. The van der Waals surface area contributed by atoms with Gasteiger partial charge in [0, 0.05) is 19.3 Å². The van der Waals surface area contributed by atoms with Crippen LogP contribution in [0.2, 0.25) is 0 Å². The Bertz CT molecular complexity index is 1150. The fraction of sp³-hybridized carbons (Fsp3) is 0.746. The van der Waals surface area contributed by atoms with Crippen LogP contribution in [0.15, 0.2) is 72.9 Å². The van der Waals surface area contributed by atoms with Gasteiger partial charge in [-0.1, -0.05) is 222 Å². The van der Waals surface area contributed by atoms with Gasteiger partial charge in [-0.25, -0.2) is 0 Å². The lowest BCUT2D eigenvalue weighted by Crippen LogP contribution is -2.30. The lowest BCUT2D eigenvalue weighted by Gasteiger charge is -2.18. The minimum atomic E-state index is -0.792. The van der Waals surface area contributed by atoms with Crippen LogP contribution in [0.4, 0.5) is 0 Å². The van der Waals surface area contributed by atoms with Crippen LogP contribution < -0.4 is 0 Å². The van der Waals surface area contributed by atoms with Crippen molar-refractivity contribution in [3.8, 4) is 0 Å². The number of hydrogen-bond donors (Lipinski definition) is 0. The van der Waals surface area contributed by atoms with Gasteiger partial charge in [-0.3, -0.25) is 14.4 Å². The highest BCUT2D eigenvalue weighted by Crippen LogP contribution is 2.15. The van der Waals surface area contributed by atoms with Gasteiger partial charge in [0.2, 0.25) is 0 Å². The van der Waals surface area contributed by atoms with E-state index in [-0.39, 0.29) is 31.1 Å². The summed E-state index contributed by atoms with van der Waals surface area (Å²) in [6, 6.07) is 0. The first-order valence-corrected chi connectivity index (χ1v) is 27.4. The molecule has 0 unspecified atom stereocenters. The summed E-state index contributed by atoms with van der Waals surface area (Å²) < 4.78 is 16.8. The number of carbonyl (C=O) groups excluding carboxylic acids is 3. The highest BCUT2D eigenvalue weighted by molar-refractivity contribution is 5.71. The number of rotatable bonds is 49. The molecule has 0 fully saturated rings. The zero-order valence-corrected chi connectivity index (χ0v) is 42.7. The summed E-state index contributed by atoms with van der Waals surface area (Å²) in [6.07, 6.45) is 67.3. The topological polar surface area (TPSA) is 78.9 Å². The third-order valence-corrected chi connectivity index (χ3v) is 11.7. The number of ether oxygens (including phenoxy) is 3. The Morgan fingerprint density at radius 2 is 0.554 bits per heavy atom. The van der Waals surface area contributed by atoms with Gasteiger partial charge in [-0.15, -0.1) is 0 Å². The molecule has 0 aliphatic heterocycles. The van der Waals surface area contributed by atoms with E-state index in [1.807, 2.05) is 0 Å².